The van der Waals surface area contributed by atoms with Crippen LogP contribution in [0.3, 0.4) is 0 Å². The maximum absolute atomic E-state index is 9.62. The van der Waals surface area contributed by atoms with Crippen LogP contribution < -0.4 is 5.32 Å². The summed E-state index contributed by atoms with van der Waals surface area (Å²) >= 11 is 0. The Morgan fingerprint density at radius 1 is 0.397 bits per heavy atom. The molecule has 68 heavy (non-hydrogen) atoms. The highest BCUT2D eigenvalue weighted by Gasteiger charge is 2.24. The molecule has 1 aliphatic heterocycles. The van der Waals surface area contributed by atoms with Gasteiger partial charge in [0.1, 0.15) is 0 Å². The van der Waals surface area contributed by atoms with Gasteiger partial charge >= 0.3 is 0 Å². The molecule has 9 aromatic carbocycles. The summed E-state index contributed by atoms with van der Waals surface area (Å²) in [5.74, 6) is 1.82. The van der Waals surface area contributed by atoms with E-state index >= 15 is 0 Å². The number of benzene rings is 9. The van der Waals surface area contributed by atoms with Crippen LogP contribution in [0.15, 0.2) is 237 Å². The number of nitrogens with one attached hydrogen (secondary N) is 2. The molecule has 3 heterocycles. The van der Waals surface area contributed by atoms with Crippen molar-refractivity contribution in [3.63, 3.8) is 0 Å². The fraction of sp³-hybridized carbons (Fsp3) is 0. The second-order valence-corrected chi connectivity index (χ2v) is 16.9. The predicted octanol–water partition coefficient (Wildman–Crippen LogP) is 14.7. The molecule has 0 fully saturated rings. The van der Waals surface area contributed by atoms with Crippen molar-refractivity contribution < 1.29 is 0 Å². The van der Waals surface area contributed by atoms with Crippen molar-refractivity contribution in [3.05, 3.63) is 264 Å². The zero-order valence-electron chi connectivity index (χ0n) is 36.9. The summed E-state index contributed by atoms with van der Waals surface area (Å²) < 4.78 is 2.32. The molecular formula is C62H42N6. The van der Waals surface area contributed by atoms with Gasteiger partial charge in [-0.05, 0) is 76.4 Å². The summed E-state index contributed by atoms with van der Waals surface area (Å²) in [6.45, 7) is 0. The summed E-state index contributed by atoms with van der Waals surface area (Å²) in [5.41, 5.74) is 16.4. The summed E-state index contributed by atoms with van der Waals surface area (Å²) in [6.07, 6.45) is 2.22. The molecule has 0 saturated heterocycles. The van der Waals surface area contributed by atoms with E-state index in [1.165, 1.54) is 21.8 Å². The maximum Gasteiger partial charge on any atom is 0.164 e. The first-order valence-electron chi connectivity index (χ1n) is 22.8. The second-order valence-electron chi connectivity index (χ2n) is 16.9. The van der Waals surface area contributed by atoms with Gasteiger partial charge in [-0.15, -0.1) is 0 Å². The van der Waals surface area contributed by atoms with Gasteiger partial charge in [-0.1, -0.05) is 194 Å². The van der Waals surface area contributed by atoms with E-state index in [1.54, 1.807) is 0 Å². The molecule has 0 saturated carbocycles. The summed E-state index contributed by atoms with van der Waals surface area (Å²) in [4.78, 5) is 15.2. The fourth-order valence-electron chi connectivity index (χ4n) is 9.34. The quantitative estimate of drug-likeness (QED) is 0.142. The highest BCUT2D eigenvalue weighted by molar-refractivity contribution is 6.36. The molecule has 0 atom stereocenters. The van der Waals surface area contributed by atoms with E-state index in [1.807, 2.05) is 84.9 Å². The molecule has 0 spiro atoms. The molecule has 2 N–H and O–H groups in total. The molecule has 11 aromatic rings. The molecule has 0 unspecified atom stereocenters. The number of fused-ring (bicyclic) bond motifs is 4. The molecule has 0 radical (unpaired) electrons. The van der Waals surface area contributed by atoms with Crippen molar-refractivity contribution in [1.82, 2.24) is 24.8 Å². The van der Waals surface area contributed by atoms with E-state index in [-0.39, 0.29) is 0 Å². The van der Waals surface area contributed by atoms with Gasteiger partial charge in [0.05, 0.1) is 22.4 Å². The Morgan fingerprint density at radius 2 is 0.838 bits per heavy atom. The lowest BCUT2D eigenvalue weighted by molar-refractivity contribution is 1.07. The van der Waals surface area contributed by atoms with Gasteiger partial charge in [0.2, 0.25) is 0 Å². The Morgan fingerprint density at radius 3 is 1.41 bits per heavy atom. The van der Waals surface area contributed by atoms with Crippen LogP contribution in [-0.4, -0.2) is 25.2 Å². The average Bonchev–Trinajstić information content (AvgIpc) is 3.76. The first-order valence-corrected chi connectivity index (χ1v) is 22.8. The molecule has 0 bridgehead atoms. The van der Waals surface area contributed by atoms with Crippen molar-refractivity contribution in [2.75, 3.05) is 0 Å². The van der Waals surface area contributed by atoms with Gasteiger partial charge in [0.15, 0.2) is 17.5 Å². The SMILES string of the molecule is N=C(/C(=C1\NC(c2ccccc2)=Cc2cc(-c3ccc(-c4nc(-c5ccccc5)nc(-c5ccc(-n6c7ccccc7c7ccccc76)cc5)n4)cc3)ccc21)c1ccccc1)c1ccccc1. The monoisotopic (exact) mass is 870 g/mol. The lowest BCUT2D eigenvalue weighted by atomic mass is 9.87. The minimum absolute atomic E-state index is 0.451. The molecule has 320 valence electrons. The van der Waals surface area contributed by atoms with Crippen molar-refractivity contribution in [1.29, 1.82) is 5.41 Å². The van der Waals surface area contributed by atoms with Crippen LogP contribution in [0, 0.1) is 5.41 Å². The predicted molar refractivity (Wildman–Crippen MR) is 280 cm³/mol. The standard InChI is InChI=1S/C62H42N6/c63-58(44-21-9-3-10-22-44)57(43-19-7-2-8-20-43)59-51-38-35-48(39-49(51)40-54(64-59)42-17-5-1-6-18-42)41-29-31-46(32-30-41)61-65-60(45-23-11-4-12-24-45)66-62(67-61)47-33-36-50(37-34-47)68-55-27-15-13-25-52(55)53-26-14-16-28-56(53)68/h1-40,63-64H/b59-57-,63-58?. The zero-order chi connectivity index (χ0) is 45.4. The van der Waals surface area contributed by atoms with Crippen LogP contribution >= 0.6 is 0 Å². The van der Waals surface area contributed by atoms with Crippen molar-refractivity contribution in [2.24, 2.45) is 0 Å². The Balaban J connectivity index is 0.924. The first kappa shape index (κ1) is 40.3. The van der Waals surface area contributed by atoms with Crippen LogP contribution in [-0.2, 0) is 0 Å². The molecule has 6 nitrogen and oxygen atoms in total. The molecular weight excluding hydrogens is 829 g/mol. The van der Waals surface area contributed by atoms with Crippen molar-refractivity contribution in [3.8, 4) is 51.0 Å². The second kappa shape index (κ2) is 17.3. The molecule has 2 aromatic heterocycles. The van der Waals surface area contributed by atoms with Crippen LogP contribution in [0.1, 0.15) is 27.8 Å². The van der Waals surface area contributed by atoms with Gasteiger partial charge in [0, 0.05) is 55.5 Å². The van der Waals surface area contributed by atoms with Gasteiger partial charge < -0.3 is 9.88 Å². The lowest BCUT2D eigenvalue weighted by Gasteiger charge is -2.26. The normalized spacial score (nSPS) is 12.9. The third-order valence-corrected chi connectivity index (χ3v) is 12.7. The third-order valence-electron chi connectivity index (χ3n) is 12.7. The Kier molecular flexibility index (Phi) is 10.2. The summed E-state index contributed by atoms with van der Waals surface area (Å²) in [5, 5.41) is 15.9. The highest BCUT2D eigenvalue weighted by atomic mass is 15.0. The van der Waals surface area contributed by atoms with Crippen molar-refractivity contribution in [2.45, 2.75) is 0 Å². The van der Waals surface area contributed by atoms with E-state index in [4.69, 9.17) is 15.0 Å². The van der Waals surface area contributed by atoms with Gasteiger partial charge in [-0.2, -0.15) is 0 Å². The Labute approximate surface area is 394 Å². The molecule has 6 heteroatoms. The largest absolute Gasteiger partial charge is 0.354 e. The number of hydrogen-bond acceptors (Lipinski definition) is 5. The zero-order valence-corrected chi connectivity index (χ0v) is 36.9. The van der Waals surface area contributed by atoms with Crippen LogP contribution in [0.2, 0.25) is 0 Å². The van der Waals surface area contributed by atoms with Crippen LogP contribution in [0.5, 0.6) is 0 Å². The molecule has 0 amide bonds. The maximum atomic E-state index is 9.62. The first-order chi connectivity index (χ1) is 33.6. The topological polar surface area (TPSA) is 79.5 Å². The van der Waals surface area contributed by atoms with Gasteiger partial charge in [0.25, 0.3) is 0 Å². The number of rotatable bonds is 9. The van der Waals surface area contributed by atoms with Gasteiger partial charge in [-0.3, -0.25) is 5.41 Å². The lowest BCUT2D eigenvalue weighted by Crippen LogP contribution is -2.20. The minimum atomic E-state index is 0.451. The summed E-state index contributed by atoms with van der Waals surface area (Å²) in [6, 6.07) is 81.4. The summed E-state index contributed by atoms with van der Waals surface area (Å²) in [7, 11) is 0. The van der Waals surface area contributed by atoms with E-state index in [9.17, 15) is 5.41 Å². The molecule has 12 rings (SSSR count). The highest BCUT2D eigenvalue weighted by Crippen LogP contribution is 2.39. The van der Waals surface area contributed by atoms with E-state index in [0.717, 1.165) is 78.3 Å². The number of hydrogen-bond donors (Lipinski definition) is 2. The Bertz CT molecular complexity index is 3670. The van der Waals surface area contributed by atoms with Crippen LogP contribution in [0.4, 0.5) is 0 Å². The number of nitrogens with zero attached hydrogens (tertiary/aromatic N) is 4. The molecule has 0 aliphatic carbocycles. The number of aromatic nitrogens is 4. The van der Waals surface area contributed by atoms with E-state index < -0.39 is 0 Å². The third kappa shape index (κ3) is 7.46. The smallest absolute Gasteiger partial charge is 0.164 e. The van der Waals surface area contributed by atoms with Crippen molar-refractivity contribution >= 4 is 50.6 Å². The van der Waals surface area contributed by atoms with Gasteiger partial charge in [-0.25, -0.2) is 15.0 Å². The van der Waals surface area contributed by atoms with Crippen LogP contribution in [0.25, 0.3) is 95.8 Å². The molecule has 1 aliphatic rings. The van der Waals surface area contributed by atoms with E-state index in [0.29, 0.717) is 23.2 Å². The number of para-hydroxylation sites is 2. The number of allylic oxidation sites excluding steroid dienone is 1. The average molecular weight is 871 g/mol. The van der Waals surface area contributed by atoms with E-state index in [2.05, 4.69) is 168 Å². The fourth-order valence-corrected chi connectivity index (χ4v) is 9.34. The minimum Gasteiger partial charge on any atom is -0.354 e. The Hall–Kier alpha value is -9.26.